The van der Waals surface area contributed by atoms with E-state index in [1.165, 1.54) is 7.11 Å². The Balaban J connectivity index is 1.63. The molecule has 3 unspecified atom stereocenters. The molecular formula is C17H17N3O4. The maximum absolute atomic E-state index is 11.6. The van der Waals surface area contributed by atoms with Gasteiger partial charge in [-0.05, 0) is 35.9 Å². The van der Waals surface area contributed by atoms with Gasteiger partial charge >= 0.3 is 0 Å². The third-order valence-electron chi connectivity index (χ3n) is 4.73. The molecule has 1 saturated carbocycles. The number of hydrogen-bond acceptors (Lipinski definition) is 5. The van der Waals surface area contributed by atoms with Crippen LogP contribution in [0.5, 0.6) is 11.6 Å². The summed E-state index contributed by atoms with van der Waals surface area (Å²) in [7, 11) is 1.48. The van der Waals surface area contributed by atoms with E-state index in [9.17, 15) is 9.59 Å². The van der Waals surface area contributed by atoms with Gasteiger partial charge in [-0.25, -0.2) is 4.98 Å². The van der Waals surface area contributed by atoms with Crippen molar-refractivity contribution in [3.63, 3.8) is 0 Å². The van der Waals surface area contributed by atoms with Crippen LogP contribution in [-0.4, -0.2) is 36.6 Å². The van der Waals surface area contributed by atoms with Crippen LogP contribution in [0.4, 0.5) is 0 Å². The number of piperidine rings is 1. The van der Waals surface area contributed by atoms with Crippen molar-refractivity contribution >= 4 is 22.6 Å². The van der Waals surface area contributed by atoms with Crippen LogP contribution in [0.1, 0.15) is 16.8 Å². The molecule has 124 valence electrons. The van der Waals surface area contributed by atoms with Crippen LogP contribution < -0.4 is 20.5 Å². The normalized spacial score (nSPS) is 24.4. The minimum Gasteiger partial charge on any atom is -0.496 e. The molecule has 0 bridgehead atoms. The van der Waals surface area contributed by atoms with Gasteiger partial charge in [0.2, 0.25) is 11.8 Å². The average molecular weight is 327 g/mol. The number of primary amides is 1. The number of amides is 2. The Kier molecular flexibility index (Phi) is 3.30. The van der Waals surface area contributed by atoms with Crippen molar-refractivity contribution in [1.82, 2.24) is 10.3 Å². The molecule has 7 nitrogen and oxygen atoms in total. The third-order valence-corrected chi connectivity index (χ3v) is 4.73. The summed E-state index contributed by atoms with van der Waals surface area (Å²) in [4.78, 5) is 27.4. The van der Waals surface area contributed by atoms with E-state index in [0.717, 1.165) is 17.2 Å². The third kappa shape index (κ3) is 2.33. The molecule has 2 fully saturated rings. The number of aromatic nitrogens is 1. The Hall–Kier alpha value is -2.83. The summed E-state index contributed by atoms with van der Waals surface area (Å²) in [5.41, 5.74) is 5.70. The highest BCUT2D eigenvalue weighted by Gasteiger charge is 2.54. The number of nitrogens with one attached hydrogen (secondary N) is 1. The molecule has 2 amide bonds. The maximum Gasteiger partial charge on any atom is 0.252 e. The topological polar surface area (TPSA) is 104 Å². The number of pyridine rings is 1. The van der Waals surface area contributed by atoms with Crippen LogP contribution in [-0.2, 0) is 4.79 Å². The molecule has 4 rings (SSSR count). The molecular weight excluding hydrogens is 310 g/mol. The molecule has 1 aromatic heterocycles. The van der Waals surface area contributed by atoms with Crippen LogP contribution >= 0.6 is 0 Å². The van der Waals surface area contributed by atoms with E-state index in [1.54, 1.807) is 24.4 Å². The summed E-state index contributed by atoms with van der Waals surface area (Å²) in [6.45, 7) is 0.374. The molecule has 2 aliphatic rings. The zero-order valence-corrected chi connectivity index (χ0v) is 13.1. The fourth-order valence-electron chi connectivity index (χ4n) is 3.34. The highest BCUT2D eigenvalue weighted by molar-refractivity contribution is 6.01. The van der Waals surface area contributed by atoms with E-state index >= 15 is 0 Å². The summed E-state index contributed by atoms with van der Waals surface area (Å²) in [6, 6.07) is 5.18. The van der Waals surface area contributed by atoms with Gasteiger partial charge in [0, 0.05) is 17.5 Å². The van der Waals surface area contributed by atoms with E-state index in [4.69, 9.17) is 15.2 Å². The number of carbonyl (C=O) groups excluding carboxylic acids is 2. The van der Waals surface area contributed by atoms with Gasteiger partial charge < -0.3 is 20.5 Å². The average Bonchev–Trinajstić information content (AvgIpc) is 3.32. The van der Waals surface area contributed by atoms with Crippen LogP contribution in [0.25, 0.3) is 10.8 Å². The first-order valence-corrected chi connectivity index (χ1v) is 7.78. The second kappa shape index (κ2) is 5.36. The van der Waals surface area contributed by atoms with Crippen LogP contribution in [0.2, 0.25) is 0 Å². The molecule has 1 saturated heterocycles. The fourth-order valence-corrected chi connectivity index (χ4v) is 3.34. The molecule has 7 heteroatoms. The Bertz CT molecular complexity index is 851. The van der Waals surface area contributed by atoms with Gasteiger partial charge in [-0.3, -0.25) is 9.59 Å². The first-order chi connectivity index (χ1) is 11.6. The number of nitrogens with two attached hydrogens (primary N) is 1. The zero-order valence-electron chi connectivity index (χ0n) is 13.1. The summed E-state index contributed by atoms with van der Waals surface area (Å²) in [5, 5.41) is 4.46. The summed E-state index contributed by atoms with van der Waals surface area (Å²) in [5.74, 6) is 0.930. The number of benzene rings is 1. The number of nitrogens with zero attached hydrogens (tertiary/aromatic N) is 1. The summed E-state index contributed by atoms with van der Waals surface area (Å²) >= 11 is 0. The van der Waals surface area contributed by atoms with Gasteiger partial charge in [0.15, 0.2) is 0 Å². The van der Waals surface area contributed by atoms with Crippen molar-refractivity contribution in [2.24, 2.45) is 17.6 Å². The number of hydrogen-bond donors (Lipinski definition) is 2. The lowest BCUT2D eigenvalue weighted by molar-refractivity contribution is -0.121. The Morgan fingerprint density at radius 1 is 1.46 bits per heavy atom. The van der Waals surface area contributed by atoms with E-state index in [-0.39, 0.29) is 17.9 Å². The van der Waals surface area contributed by atoms with Gasteiger partial charge in [0.05, 0.1) is 18.7 Å². The van der Waals surface area contributed by atoms with E-state index < -0.39 is 5.91 Å². The molecule has 1 aliphatic heterocycles. The van der Waals surface area contributed by atoms with E-state index in [2.05, 4.69) is 10.3 Å². The minimum absolute atomic E-state index is 0.0337. The predicted octanol–water partition coefficient (Wildman–Crippen LogP) is 0.856. The first kappa shape index (κ1) is 14.7. The van der Waals surface area contributed by atoms with Crippen LogP contribution in [0, 0.1) is 11.8 Å². The van der Waals surface area contributed by atoms with Crippen molar-refractivity contribution in [1.29, 1.82) is 0 Å². The lowest BCUT2D eigenvalue weighted by atomic mass is 10.1. The smallest absolute Gasteiger partial charge is 0.252 e. The van der Waals surface area contributed by atoms with Gasteiger partial charge in [-0.2, -0.15) is 0 Å². The van der Waals surface area contributed by atoms with Gasteiger partial charge in [0.25, 0.3) is 5.91 Å². The SMILES string of the molecule is COc1cc2c(OCC3NC(=O)C4CC34)nccc2cc1C(N)=O. The Morgan fingerprint density at radius 3 is 2.92 bits per heavy atom. The van der Waals surface area contributed by atoms with Gasteiger partial charge in [-0.1, -0.05) is 0 Å². The standard InChI is InChI=1S/C17H17N3O4/c1-23-14-6-9-8(4-12(14)15(18)21)2-3-19-17(9)24-7-13-10-5-11(10)16(22)20-13/h2-4,6,10-11,13H,5,7H2,1H3,(H2,18,21)(H,20,22). The molecule has 0 spiro atoms. The van der Waals surface area contributed by atoms with Crippen LogP contribution in [0.15, 0.2) is 24.4 Å². The van der Waals surface area contributed by atoms with Crippen molar-refractivity contribution < 1.29 is 19.1 Å². The number of rotatable bonds is 5. The zero-order chi connectivity index (χ0) is 16.8. The number of carbonyl (C=O) groups is 2. The number of methoxy groups -OCH3 is 1. The highest BCUT2D eigenvalue weighted by Crippen LogP contribution is 2.46. The van der Waals surface area contributed by atoms with Crippen molar-refractivity contribution in [3.8, 4) is 11.6 Å². The number of ether oxygens (including phenoxy) is 2. The predicted molar refractivity (Wildman–Crippen MR) is 85.8 cm³/mol. The second-order valence-corrected chi connectivity index (χ2v) is 6.19. The largest absolute Gasteiger partial charge is 0.496 e. The summed E-state index contributed by atoms with van der Waals surface area (Å²) < 4.78 is 11.1. The van der Waals surface area contributed by atoms with E-state index in [1.807, 2.05) is 0 Å². The highest BCUT2D eigenvalue weighted by atomic mass is 16.5. The second-order valence-electron chi connectivity index (χ2n) is 6.19. The first-order valence-electron chi connectivity index (χ1n) is 7.78. The minimum atomic E-state index is -0.554. The molecule has 0 radical (unpaired) electrons. The monoisotopic (exact) mass is 327 g/mol. The molecule has 2 aromatic rings. The molecule has 3 N–H and O–H groups in total. The molecule has 2 heterocycles. The molecule has 1 aromatic carbocycles. The maximum atomic E-state index is 11.6. The van der Waals surface area contributed by atoms with Crippen LogP contribution in [0.3, 0.4) is 0 Å². The quantitative estimate of drug-likeness (QED) is 0.847. The van der Waals surface area contributed by atoms with Crippen molar-refractivity contribution in [2.75, 3.05) is 13.7 Å². The number of fused-ring (bicyclic) bond motifs is 2. The Labute approximate surface area is 138 Å². The van der Waals surface area contributed by atoms with E-state index in [0.29, 0.717) is 29.7 Å². The molecule has 24 heavy (non-hydrogen) atoms. The molecule has 3 atom stereocenters. The lowest BCUT2D eigenvalue weighted by Crippen LogP contribution is -2.35. The van der Waals surface area contributed by atoms with Gasteiger partial charge in [0.1, 0.15) is 12.4 Å². The van der Waals surface area contributed by atoms with Crippen molar-refractivity contribution in [3.05, 3.63) is 30.0 Å². The Morgan fingerprint density at radius 2 is 2.29 bits per heavy atom. The van der Waals surface area contributed by atoms with Gasteiger partial charge in [-0.15, -0.1) is 0 Å². The van der Waals surface area contributed by atoms with Crippen molar-refractivity contribution in [2.45, 2.75) is 12.5 Å². The summed E-state index contributed by atoms with van der Waals surface area (Å²) in [6.07, 6.45) is 2.56. The fraction of sp³-hybridized carbons (Fsp3) is 0.353. The lowest BCUT2D eigenvalue weighted by Gasteiger charge is -2.15. The molecule has 1 aliphatic carbocycles.